The van der Waals surface area contributed by atoms with Gasteiger partial charge in [-0.05, 0) is 33.1 Å². The first-order valence-corrected chi connectivity index (χ1v) is 6.59. The molecule has 0 saturated carbocycles. The molecule has 1 aliphatic rings. The van der Waals surface area contributed by atoms with Gasteiger partial charge in [-0.3, -0.25) is 4.79 Å². The fraction of sp³-hybridized carbons (Fsp3) is 0.714. The SMILES string of the molecule is C=C(CCCC)C(=O)N1C(=O)OC(C)(C)[C@@H]1CC. The number of ether oxygens (including phenoxy) is 1. The van der Waals surface area contributed by atoms with Crippen LogP contribution in [0.15, 0.2) is 12.2 Å². The molecule has 0 radical (unpaired) electrons. The van der Waals surface area contributed by atoms with Gasteiger partial charge < -0.3 is 4.74 Å². The maximum Gasteiger partial charge on any atom is 0.417 e. The third kappa shape index (κ3) is 2.74. The molecule has 4 nitrogen and oxygen atoms in total. The van der Waals surface area contributed by atoms with Crippen LogP contribution in [0.25, 0.3) is 0 Å². The lowest BCUT2D eigenvalue weighted by atomic mass is 9.95. The first-order valence-electron chi connectivity index (χ1n) is 6.59. The number of hydrogen-bond donors (Lipinski definition) is 0. The Morgan fingerprint density at radius 2 is 2.06 bits per heavy atom. The Hall–Kier alpha value is -1.32. The smallest absolute Gasteiger partial charge is 0.417 e. The molecule has 1 rings (SSSR count). The van der Waals surface area contributed by atoms with Gasteiger partial charge >= 0.3 is 6.09 Å². The monoisotopic (exact) mass is 253 g/mol. The van der Waals surface area contributed by atoms with Crippen LogP contribution < -0.4 is 0 Å². The topological polar surface area (TPSA) is 46.6 Å². The van der Waals surface area contributed by atoms with E-state index >= 15 is 0 Å². The zero-order chi connectivity index (χ0) is 13.9. The average Bonchev–Trinajstić information content (AvgIpc) is 2.53. The molecule has 0 aliphatic carbocycles. The largest absolute Gasteiger partial charge is 0.441 e. The van der Waals surface area contributed by atoms with E-state index in [1.165, 1.54) is 4.90 Å². The number of nitrogens with zero attached hydrogens (tertiary/aromatic N) is 1. The number of unbranched alkanes of at least 4 members (excludes halogenated alkanes) is 1. The quantitative estimate of drug-likeness (QED) is 0.706. The standard InChI is InChI=1S/C14H23NO3/c1-6-8-9-10(3)12(16)15-11(7-2)14(4,5)18-13(15)17/h11H,3,6-9H2,1-2,4-5H3/t11-/m0/s1. The molecule has 1 fully saturated rings. The van der Waals surface area contributed by atoms with Gasteiger partial charge in [-0.15, -0.1) is 0 Å². The molecule has 2 amide bonds. The molecule has 0 unspecified atom stereocenters. The molecule has 0 bridgehead atoms. The molecule has 0 aromatic carbocycles. The highest BCUT2D eigenvalue weighted by molar-refractivity contribution is 6.03. The van der Waals surface area contributed by atoms with Gasteiger partial charge in [0.05, 0.1) is 6.04 Å². The first-order chi connectivity index (χ1) is 8.35. The number of rotatable bonds is 5. The lowest BCUT2D eigenvalue weighted by Gasteiger charge is -2.26. The Bertz CT molecular complexity index is 360. The van der Waals surface area contributed by atoms with E-state index in [1.54, 1.807) is 0 Å². The van der Waals surface area contributed by atoms with Gasteiger partial charge in [0, 0.05) is 5.57 Å². The molecular formula is C14H23NO3. The number of carbonyl (C=O) groups is 2. The predicted molar refractivity (Wildman–Crippen MR) is 70.2 cm³/mol. The summed E-state index contributed by atoms with van der Waals surface area (Å²) in [4.78, 5) is 25.3. The van der Waals surface area contributed by atoms with Crippen molar-refractivity contribution in [3.63, 3.8) is 0 Å². The summed E-state index contributed by atoms with van der Waals surface area (Å²) in [6.45, 7) is 11.5. The molecule has 1 heterocycles. The van der Waals surface area contributed by atoms with Crippen LogP contribution in [-0.2, 0) is 9.53 Å². The molecule has 0 aromatic heterocycles. The van der Waals surface area contributed by atoms with Crippen LogP contribution in [0.1, 0.15) is 53.4 Å². The lowest BCUT2D eigenvalue weighted by Crippen LogP contribution is -2.44. The van der Waals surface area contributed by atoms with Crippen molar-refractivity contribution in [3.8, 4) is 0 Å². The third-order valence-electron chi connectivity index (χ3n) is 3.40. The minimum atomic E-state index is -0.619. The van der Waals surface area contributed by atoms with Crippen molar-refractivity contribution in [1.29, 1.82) is 0 Å². The molecule has 0 spiro atoms. The normalized spacial score (nSPS) is 21.9. The highest BCUT2D eigenvalue weighted by Crippen LogP contribution is 2.32. The summed E-state index contributed by atoms with van der Waals surface area (Å²) in [7, 11) is 0. The Morgan fingerprint density at radius 1 is 1.44 bits per heavy atom. The second-order valence-corrected chi connectivity index (χ2v) is 5.28. The number of imide groups is 1. The second kappa shape index (κ2) is 5.55. The number of cyclic esters (lactones) is 1. The van der Waals surface area contributed by atoms with E-state index in [1.807, 2.05) is 20.8 Å². The fourth-order valence-corrected chi connectivity index (χ4v) is 2.35. The molecular weight excluding hydrogens is 230 g/mol. The van der Waals surface area contributed by atoms with E-state index in [-0.39, 0.29) is 11.9 Å². The molecule has 0 N–H and O–H groups in total. The summed E-state index contributed by atoms with van der Waals surface area (Å²) in [6, 6.07) is -0.212. The maximum atomic E-state index is 12.2. The molecule has 4 heteroatoms. The summed E-state index contributed by atoms with van der Waals surface area (Å²) < 4.78 is 5.27. The van der Waals surface area contributed by atoms with Crippen LogP contribution >= 0.6 is 0 Å². The summed E-state index contributed by atoms with van der Waals surface area (Å²) in [5, 5.41) is 0. The molecule has 0 aromatic rings. The number of hydrogen-bond acceptors (Lipinski definition) is 3. The lowest BCUT2D eigenvalue weighted by molar-refractivity contribution is -0.125. The van der Waals surface area contributed by atoms with E-state index in [0.717, 1.165) is 12.8 Å². The Balaban J connectivity index is 2.84. The van der Waals surface area contributed by atoms with Gasteiger partial charge in [-0.1, -0.05) is 26.8 Å². The fourth-order valence-electron chi connectivity index (χ4n) is 2.35. The molecule has 1 aliphatic heterocycles. The summed E-state index contributed by atoms with van der Waals surface area (Å²) in [5.41, 5.74) is -0.128. The number of amides is 2. The van der Waals surface area contributed by atoms with E-state index < -0.39 is 11.7 Å². The van der Waals surface area contributed by atoms with Crippen LogP contribution in [0.2, 0.25) is 0 Å². The van der Waals surface area contributed by atoms with Crippen molar-refractivity contribution < 1.29 is 14.3 Å². The molecule has 18 heavy (non-hydrogen) atoms. The summed E-state index contributed by atoms with van der Waals surface area (Å²) in [6.07, 6.45) is 2.68. The van der Waals surface area contributed by atoms with Crippen molar-refractivity contribution in [2.24, 2.45) is 0 Å². The minimum Gasteiger partial charge on any atom is -0.441 e. The Morgan fingerprint density at radius 3 is 2.56 bits per heavy atom. The van der Waals surface area contributed by atoms with Gasteiger partial charge in [0.1, 0.15) is 5.60 Å². The van der Waals surface area contributed by atoms with Crippen LogP contribution in [0.4, 0.5) is 4.79 Å². The average molecular weight is 253 g/mol. The highest BCUT2D eigenvalue weighted by Gasteiger charge is 2.49. The molecule has 1 atom stereocenters. The predicted octanol–water partition coefficient (Wildman–Crippen LogP) is 3.27. The van der Waals surface area contributed by atoms with Gasteiger partial charge in [0.15, 0.2) is 0 Å². The molecule has 1 saturated heterocycles. The van der Waals surface area contributed by atoms with Crippen LogP contribution in [0.3, 0.4) is 0 Å². The zero-order valence-corrected chi connectivity index (χ0v) is 11.8. The van der Waals surface area contributed by atoms with E-state index in [9.17, 15) is 9.59 Å². The van der Waals surface area contributed by atoms with Crippen LogP contribution in [-0.4, -0.2) is 28.5 Å². The van der Waals surface area contributed by atoms with Gasteiger partial charge in [0.25, 0.3) is 5.91 Å². The second-order valence-electron chi connectivity index (χ2n) is 5.28. The van der Waals surface area contributed by atoms with Gasteiger partial charge in [0.2, 0.25) is 0 Å². The van der Waals surface area contributed by atoms with Crippen LogP contribution in [0, 0.1) is 0 Å². The maximum absolute atomic E-state index is 12.2. The minimum absolute atomic E-state index is 0.212. The Labute approximate surface area is 109 Å². The first kappa shape index (κ1) is 14.7. The van der Waals surface area contributed by atoms with Crippen molar-refractivity contribution in [1.82, 2.24) is 4.90 Å². The number of carbonyl (C=O) groups excluding carboxylic acids is 2. The highest BCUT2D eigenvalue weighted by atomic mass is 16.6. The summed E-state index contributed by atoms with van der Waals surface area (Å²) >= 11 is 0. The van der Waals surface area contributed by atoms with E-state index in [4.69, 9.17) is 4.74 Å². The van der Waals surface area contributed by atoms with Gasteiger partial charge in [-0.25, -0.2) is 9.69 Å². The molecule has 102 valence electrons. The Kier molecular flexibility index (Phi) is 4.54. The van der Waals surface area contributed by atoms with Gasteiger partial charge in [-0.2, -0.15) is 0 Å². The third-order valence-corrected chi connectivity index (χ3v) is 3.40. The van der Waals surface area contributed by atoms with Crippen molar-refractivity contribution in [3.05, 3.63) is 12.2 Å². The summed E-state index contributed by atoms with van der Waals surface area (Å²) in [5.74, 6) is -0.286. The van der Waals surface area contributed by atoms with Crippen molar-refractivity contribution in [2.45, 2.75) is 65.0 Å². The van der Waals surface area contributed by atoms with Crippen LogP contribution in [0.5, 0.6) is 0 Å². The zero-order valence-electron chi connectivity index (χ0n) is 11.8. The van der Waals surface area contributed by atoms with E-state index in [2.05, 4.69) is 13.5 Å². The van der Waals surface area contributed by atoms with Crippen molar-refractivity contribution >= 4 is 12.0 Å². The van der Waals surface area contributed by atoms with E-state index in [0.29, 0.717) is 18.4 Å². The van der Waals surface area contributed by atoms with Crippen molar-refractivity contribution in [2.75, 3.05) is 0 Å².